The molecule has 0 aliphatic carbocycles. The second kappa shape index (κ2) is 12.4. The van der Waals surface area contributed by atoms with Crippen LogP contribution in [0.15, 0.2) is 66.2 Å². The van der Waals surface area contributed by atoms with Gasteiger partial charge in [0, 0.05) is 10.7 Å². The van der Waals surface area contributed by atoms with Crippen molar-refractivity contribution < 1.29 is 19.1 Å². The number of hydrogen-bond donors (Lipinski definition) is 2. The average Bonchev–Trinajstić information content (AvgIpc) is 2.82. The van der Waals surface area contributed by atoms with Crippen LogP contribution in [-0.4, -0.2) is 25.5 Å². The lowest BCUT2D eigenvalue weighted by atomic mass is 10.1. The lowest BCUT2D eigenvalue weighted by Crippen LogP contribution is -2.20. The summed E-state index contributed by atoms with van der Waals surface area (Å²) in [6, 6.07) is 18.7. The third-order valence-corrected chi connectivity index (χ3v) is 5.87. The Labute approximate surface area is 225 Å². The van der Waals surface area contributed by atoms with E-state index in [-0.39, 0.29) is 12.2 Å². The number of para-hydroxylation sites is 1. The number of hydrogen-bond acceptors (Lipinski definition) is 5. The molecule has 0 aliphatic rings. The maximum absolute atomic E-state index is 12.6. The van der Waals surface area contributed by atoms with Crippen LogP contribution in [-0.2, 0) is 9.59 Å². The molecule has 0 heterocycles. The molecule has 7 nitrogen and oxygen atoms in total. The molecule has 0 unspecified atom stereocenters. The van der Waals surface area contributed by atoms with Crippen molar-refractivity contribution in [2.75, 3.05) is 24.4 Å². The summed E-state index contributed by atoms with van der Waals surface area (Å²) in [6.07, 6.45) is 1.43. The molecule has 2 amide bonds. The number of ether oxygens (including phenoxy) is 2. The van der Waals surface area contributed by atoms with E-state index in [9.17, 15) is 14.9 Å². The summed E-state index contributed by atoms with van der Waals surface area (Å²) in [5.74, 6) is -0.299. The standard InChI is InChI=1S/C25H18Cl2IN3O4/c1-34-22-11-15(9-16(13-29)25(33)30-18-6-4-5-17(26)12-18)10-20(28)24(22)35-14-23(32)31-21-8-3-2-7-19(21)27/h2-12H,14H2,1H3,(H,30,33)(H,31,32)/b16-9-. The molecule has 0 fully saturated rings. The van der Waals surface area contributed by atoms with Crippen molar-refractivity contribution >= 4 is 75.1 Å². The Bertz CT molecular complexity index is 1340. The van der Waals surface area contributed by atoms with Gasteiger partial charge in [0.05, 0.1) is 21.4 Å². The fraction of sp³-hybridized carbons (Fsp3) is 0.0800. The van der Waals surface area contributed by atoms with E-state index in [1.807, 2.05) is 28.7 Å². The van der Waals surface area contributed by atoms with Crippen molar-refractivity contribution in [3.63, 3.8) is 0 Å². The van der Waals surface area contributed by atoms with Crippen LogP contribution in [0.3, 0.4) is 0 Å². The average molecular weight is 622 g/mol. The third kappa shape index (κ3) is 7.36. The number of amides is 2. The molecule has 0 atom stereocenters. The molecule has 2 N–H and O–H groups in total. The van der Waals surface area contributed by atoms with Crippen LogP contribution in [0.25, 0.3) is 6.08 Å². The molecule has 3 aromatic carbocycles. The van der Waals surface area contributed by atoms with E-state index in [0.29, 0.717) is 42.1 Å². The molecule has 0 saturated carbocycles. The summed E-state index contributed by atoms with van der Waals surface area (Å²) in [7, 11) is 1.45. The summed E-state index contributed by atoms with van der Waals surface area (Å²) in [4.78, 5) is 24.9. The molecule has 3 aromatic rings. The molecule has 0 bridgehead atoms. The quantitative estimate of drug-likeness (QED) is 0.178. The highest BCUT2D eigenvalue weighted by molar-refractivity contribution is 14.1. The summed E-state index contributed by atoms with van der Waals surface area (Å²) in [5.41, 5.74) is 1.37. The van der Waals surface area contributed by atoms with Crippen LogP contribution < -0.4 is 20.1 Å². The number of carbonyl (C=O) groups is 2. The Morgan fingerprint density at radius 3 is 2.54 bits per heavy atom. The highest BCUT2D eigenvalue weighted by atomic mass is 127. The fourth-order valence-electron chi connectivity index (χ4n) is 2.93. The third-order valence-electron chi connectivity index (χ3n) is 4.51. The number of methoxy groups -OCH3 is 1. The fourth-order valence-corrected chi connectivity index (χ4v) is 4.08. The minimum Gasteiger partial charge on any atom is -0.493 e. The maximum atomic E-state index is 12.6. The van der Waals surface area contributed by atoms with Crippen LogP contribution in [0.1, 0.15) is 5.56 Å². The molecule has 10 heteroatoms. The van der Waals surface area contributed by atoms with E-state index >= 15 is 0 Å². The number of rotatable bonds is 8. The van der Waals surface area contributed by atoms with Crippen LogP contribution >= 0.6 is 45.8 Å². The summed E-state index contributed by atoms with van der Waals surface area (Å²) < 4.78 is 11.7. The molecule has 178 valence electrons. The number of carbonyl (C=O) groups excluding carboxylic acids is 2. The number of nitrogens with one attached hydrogen (secondary N) is 2. The molecule has 3 rings (SSSR count). The van der Waals surface area contributed by atoms with E-state index < -0.39 is 11.8 Å². The number of halogens is 3. The summed E-state index contributed by atoms with van der Waals surface area (Å²) >= 11 is 14.0. The molecule has 0 spiro atoms. The van der Waals surface area contributed by atoms with Gasteiger partial charge in [-0.2, -0.15) is 5.26 Å². The summed E-state index contributed by atoms with van der Waals surface area (Å²) in [5, 5.41) is 15.7. The zero-order valence-corrected chi connectivity index (χ0v) is 21.9. The minimum atomic E-state index is -0.583. The van der Waals surface area contributed by atoms with E-state index in [2.05, 4.69) is 10.6 Å². The van der Waals surface area contributed by atoms with Crippen LogP contribution in [0.2, 0.25) is 10.0 Å². The van der Waals surface area contributed by atoms with E-state index in [1.54, 1.807) is 60.7 Å². The van der Waals surface area contributed by atoms with Gasteiger partial charge in [-0.3, -0.25) is 9.59 Å². The molecule has 0 aliphatic heterocycles. The summed E-state index contributed by atoms with van der Waals surface area (Å²) in [6.45, 7) is -0.280. The first kappa shape index (κ1) is 26.3. The van der Waals surface area contributed by atoms with Gasteiger partial charge in [-0.25, -0.2) is 0 Å². The van der Waals surface area contributed by atoms with Crippen molar-refractivity contribution in [1.29, 1.82) is 5.26 Å². The monoisotopic (exact) mass is 621 g/mol. The smallest absolute Gasteiger partial charge is 0.266 e. The first-order chi connectivity index (χ1) is 16.8. The van der Waals surface area contributed by atoms with Gasteiger partial charge in [0.2, 0.25) is 0 Å². The highest BCUT2D eigenvalue weighted by Gasteiger charge is 2.16. The predicted octanol–water partition coefficient (Wildman–Crippen LogP) is 6.17. The van der Waals surface area contributed by atoms with E-state index in [1.165, 1.54) is 13.2 Å². The molecule has 0 radical (unpaired) electrons. The van der Waals surface area contributed by atoms with Crippen LogP contribution in [0.5, 0.6) is 11.5 Å². The Morgan fingerprint density at radius 2 is 1.86 bits per heavy atom. The molecule has 0 saturated heterocycles. The van der Waals surface area contributed by atoms with Crippen LogP contribution in [0, 0.1) is 14.9 Å². The number of benzene rings is 3. The van der Waals surface area contributed by atoms with Gasteiger partial charge in [0.25, 0.3) is 11.8 Å². The first-order valence-corrected chi connectivity index (χ1v) is 11.9. The van der Waals surface area contributed by atoms with Gasteiger partial charge in [-0.15, -0.1) is 0 Å². The second-order valence-electron chi connectivity index (χ2n) is 6.99. The number of nitrogens with zero attached hydrogens (tertiary/aromatic N) is 1. The Balaban J connectivity index is 1.75. The van der Waals surface area contributed by atoms with Crippen molar-refractivity contribution in [1.82, 2.24) is 0 Å². The second-order valence-corrected chi connectivity index (χ2v) is 8.99. The van der Waals surface area contributed by atoms with Crippen molar-refractivity contribution in [2.24, 2.45) is 0 Å². The largest absolute Gasteiger partial charge is 0.493 e. The van der Waals surface area contributed by atoms with E-state index in [4.69, 9.17) is 32.7 Å². The Hall–Kier alpha value is -3.26. The van der Waals surface area contributed by atoms with E-state index in [0.717, 1.165) is 0 Å². The van der Waals surface area contributed by atoms with Gasteiger partial charge in [0.15, 0.2) is 18.1 Å². The number of anilines is 2. The van der Waals surface area contributed by atoms with Crippen molar-refractivity contribution in [2.45, 2.75) is 0 Å². The Morgan fingerprint density at radius 1 is 1.09 bits per heavy atom. The van der Waals surface area contributed by atoms with Crippen molar-refractivity contribution in [3.05, 3.63) is 85.4 Å². The van der Waals surface area contributed by atoms with Gasteiger partial charge < -0.3 is 20.1 Å². The van der Waals surface area contributed by atoms with Crippen molar-refractivity contribution in [3.8, 4) is 17.6 Å². The number of nitriles is 1. The maximum Gasteiger partial charge on any atom is 0.266 e. The molecule has 0 aromatic heterocycles. The zero-order valence-electron chi connectivity index (χ0n) is 18.3. The Kier molecular flexibility index (Phi) is 9.37. The normalized spacial score (nSPS) is 10.8. The SMILES string of the molecule is COc1cc(/C=C(/C#N)C(=O)Nc2cccc(Cl)c2)cc(I)c1OCC(=O)Nc1ccccc1Cl. The van der Waals surface area contributed by atoms with Gasteiger partial charge in [-0.05, 0) is 76.7 Å². The molecular weight excluding hydrogens is 604 g/mol. The predicted molar refractivity (Wildman–Crippen MR) is 145 cm³/mol. The lowest BCUT2D eigenvalue weighted by Gasteiger charge is -2.14. The highest BCUT2D eigenvalue weighted by Crippen LogP contribution is 2.35. The van der Waals surface area contributed by atoms with Crippen LogP contribution in [0.4, 0.5) is 11.4 Å². The van der Waals surface area contributed by atoms with Gasteiger partial charge >= 0.3 is 0 Å². The molecule has 35 heavy (non-hydrogen) atoms. The topological polar surface area (TPSA) is 100 Å². The first-order valence-electron chi connectivity index (χ1n) is 10.0. The minimum absolute atomic E-state index is 0.115. The molecular formula is C25H18Cl2IN3O4. The zero-order chi connectivity index (χ0) is 25.4. The van der Waals surface area contributed by atoms with Gasteiger partial charge in [-0.1, -0.05) is 41.4 Å². The van der Waals surface area contributed by atoms with Gasteiger partial charge in [0.1, 0.15) is 11.6 Å². The lowest BCUT2D eigenvalue weighted by molar-refractivity contribution is -0.118.